The number of benzene rings is 2. The number of hydrogen-bond acceptors (Lipinski definition) is 4. The summed E-state index contributed by atoms with van der Waals surface area (Å²) in [4.78, 5) is 15.5. The van der Waals surface area contributed by atoms with Crippen molar-refractivity contribution in [3.05, 3.63) is 53.1 Å². The number of nitrogens with zero attached hydrogens (tertiary/aromatic N) is 1. The summed E-state index contributed by atoms with van der Waals surface area (Å²) in [6, 6.07) is 12.6. The zero-order valence-corrected chi connectivity index (χ0v) is 13.9. The van der Waals surface area contributed by atoms with Gasteiger partial charge in [0.1, 0.15) is 10.3 Å². The Kier molecular flexibility index (Phi) is 4.18. The highest BCUT2D eigenvalue weighted by Gasteiger charge is 2.19. The number of fused-ring (bicyclic) bond motifs is 1. The fraction of sp³-hybridized carbons (Fsp3) is 0.125. The van der Waals surface area contributed by atoms with Gasteiger partial charge in [0.05, 0.1) is 7.11 Å². The summed E-state index contributed by atoms with van der Waals surface area (Å²) in [7, 11) is 1.35. The van der Waals surface area contributed by atoms with Crippen LogP contribution >= 0.6 is 27.5 Å². The predicted molar refractivity (Wildman–Crippen MR) is 88.1 cm³/mol. The van der Waals surface area contributed by atoms with Crippen LogP contribution in [0.25, 0.3) is 22.6 Å². The number of ether oxygens (including phenoxy) is 1. The van der Waals surface area contributed by atoms with Crippen molar-refractivity contribution < 1.29 is 13.9 Å². The van der Waals surface area contributed by atoms with Gasteiger partial charge in [-0.2, -0.15) is 0 Å². The lowest BCUT2D eigenvalue weighted by atomic mass is 10.1. The summed E-state index contributed by atoms with van der Waals surface area (Å²) < 4.78 is 10.5. The van der Waals surface area contributed by atoms with Crippen molar-refractivity contribution >= 4 is 44.6 Å². The summed E-state index contributed by atoms with van der Waals surface area (Å²) in [5.41, 5.74) is 2.93. The van der Waals surface area contributed by atoms with Crippen LogP contribution in [0.3, 0.4) is 0 Å². The van der Waals surface area contributed by atoms with E-state index in [1.54, 1.807) is 30.3 Å². The van der Waals surface area contributed by atoms with E-state index in [1.165, 1.54) is 7.11 Å². The van der Waals surface area contributed by atoms with Crippen LogP contribution in [0.5, 0.6) is 0 Å². The van der Waals surface area contributed by atoms with Crippen molar-refractivity contribution in [2.24, 2.45) is 0 Å². The molecule has 1 heterocycles. The third-order valence-corrected chi connectivity index (χ3v) is 4.36. The minimum absolute atomic E-state index is 0.360. The molecular weight excluding hydrogens is 370 g/mol. The Hall–Kier alpha value is -1.85. The molecule has 112 valence electrons. The first-order chi connectivity index (χ1) is 10.6. The molecule has 22 heavy (non-hydrogen) atoms. The van der Waals surface area contributed by atoms with Crippen LogP contribution < -0.4 is 0 Å². The van der Waals surface area contributed by atoms with Gasteiger partial charge in [-0.25, -0.2) is 4.98 Å². The number of methoxy groups -OCH3 is 1. The van der Waals surface area contributed by atoms with E-state index in [9.17, 15) is 4.79 Å². The van der Waals surface area contributed by atoms with Gasteiger partial charge < -0.3 is 9.15 Å². The lowest BCUT2D eigenvalue weighted by Crippen LogP contribution is -2.07. The number of halogens is 2. The van der Waals surface area contributed by atoms with Gasteiger partial charge >= 0.3 is 5.97 Å². The number of aromatic nitrogens is 1. The Morgan fingerprint density at radius 1 is 1.27 bits per heavy atom. The molecule has 0 amide bonds. The molecule has 0 fully saturated rings. The van der Waals surface area contributed by atoms with E-state index < -0.39 is 4.83 Å². The maximum absolute atomic E-state index is 11.6. The van der Waals surface area contributed by atoms with Crippen LogP contribution in [-0.2, 0) is 9.53 Å². The van der Waals surface area contributed by atoms with Crippen molar-refractivity contribution in [1.29, 1.82) is 0 Å². The number of rotatable bonds is 3. The maximum Gasteiger partial charge on any atom is 0.323 e. The van der Waals surface area contributed by atoms with Crippen LogP contribution in [0.2, 0.25) is 5.02 Å². The largest absolute Gasteiger partial charge is 0.468 e. The zero-order chi connectivity index (χ0) is 15.7. The van der Waals surface area contributed by atoms with E-state index in [0.717, 1.165) is 11.1 Å². The van der Waals surface area contributed by atoms with Crippen molar-refractivity contribution in [3.8, 4) is 11.5 Å². The quantitative estimate of drug-likeness (QED) is 0.486. The van der Waals surface area contributed by atoms with E-state index in [-0.39, 0.29) is 5.97 Å². The first kappa shape index (κ1) is 15.1. The second kappa shape index (κ2) is 6.10. The molecule has 6 heteroatoms. The smallest absolute Gasteiger partial charge is 0.323 e. The molecule has 0 aliphatic carbocycles. The van der Waals surface area contributed by atoms with Gasteiger partial charge in [-0.1, -0.05) is 33.6 Å². The highest BCUT2D eigenvalue weighted by Crippen LogP contribution is 2.30. The highest BCUT2D eigenvalue weighted by atomic mass is 79.9. The summed E-state index contributed by atoms with van der Waals surface area (Å²) in [5.74, 6) is 0.147. The second-order valence-corrected chi connectivity index (χ2v) is 5.99. The fourth-order valence-corrected chi connectivity index (χ4v) is 2.66. The molecule has 0 N–H and O–H groups in total. The van der Waals surface area contributed by atoms with Crippen LogP contribution in [-0.4, -0.2) is 18.1 Å². The van der Waals surface area contributed by atoms with E-state index in [4.69, 9.17) is 20.8 Å². The van der Waals surface area contributed by atoms with Gasteiger partial charge in [-0.05, 0) is 42.0 Å². The molecule has 1 atom stereocenters. The molecule has 3 aromatic rings. The van der Waals surface area contributed by atoms with Crippen molar-refractivity contribution in [3.63, 3.8) is 0 Å². The number of oxazole rings is 1. The summed E-state index contributed by atoms with van der Waals surface area (Å²) in [5, 5.41) is 0.655. The van der Waals surface area contributed by atoms with E-state index in [2.05, 4.69) is 20.9 Å². The van der Waals surface area contributed by atoms with Gasteiger partial charge in [0.2, 0.25) is 5.89 Å². The maximum atomic E-state index is 11.6. The zero-order valence-electron chi connectivity index (χ0n) is 11.5. The van der Waals surface area contributed by atoms with Gasteiger partial charge in [0, 0.05) is 10.6 Å². The molecule has 0 aliphatic rings. The third kappa shape index (κ3) is 2.87. The standard InChI is InChI=1S/C16H11BrClNO3/c1-21-16(20)14(17)10-4-7-13-12(8-10)19-15(22-13)9-2-5-11(18)6-3-9/h2-8,14H,1H3. The van der Waals surface area contributed by atoms with E-state index in [0.29, 0.717) is 22.0 Å². The number of carbonyl (C=O) groups excluding carboxylic acids is 1. The Labute approximate surface area is 140 Å². The molecule has 0 saturated heterocycles. The fourth-order valence-electron chi connectivity index (χ4n) is 2.06. The first-order valence-corrected chi connectivity index (χ1v) is 7.76. The van der Waals surface area contributed by atoms with Crippen LogP contribution in [0, 0.1) is 0 Å². The second-order valence-electron chi connectivity index (χ2n) is 4.64. The Bertz CT molecular complexity index is 829. The third-order valence-electron chi connectivity index (χ3n) is 3.20. The molecule has 0 bridgehead atoms. The van der Waals surface area contributed by atoms with Gasteiger partial charge in [0.15, 0.2) is 5.58 Å². The summed E-state index contributed by atoms with van der Waals surface area (Å²) >= 11 is 9.19. The predicted octanol–water partition coefficient (Wildman–Crippen LogP) is 4.76. The Morgan fingerprint density at radius 3 is 2.68 bits per heavy atom. The van der Waals surface area contributed by atoms with E-state index in [1.807, 2.05) is 12.1 Å². The molecule has 0 aliphatic heterocycles. The molecule has 1 aromatic heterocycles. The topological polar surface area (TPSA) is 52.3 Å². The number of carbonyl (C=O) groups is 1. The molecule has 3 rings (SSSR count). The van der Waals surface area contributed by atoms with Crippen LogP contribution in [0.1, 0.15) is 10.4 Å². The Morgan fingerprint density at radius 2 is 2.00 bits per heavy atom. The highest BCUT2D eigenvalue weighted by molar-refractivity contribution is 9.09. The number of esters is 1. The molecule has 1 unspecified atom stereocenters. The summed E-state index contributed by atoms with van der Waals surface area (Å²) in [6.07, 6.45) is 0. The molecule has 0 radical (unpaired) electrons. The lowest BCUT2D eigenvalue weighted by Gasteiger charge is -2.06. The van der Waals surface area contributed by atoms with Crippen LogP contribution in [0.4, 0.5) is 0 Å². The average molecular weight is 381 g/mol. The average Bonchev–Trinajstić information content (AvgIpc) is 2.97. The van der Waals surface area contributed by atoms with E-state index >= 15 is 0 Å². The molecule has 4 nitrogen and oxygen atoms in total. The van der Waals surface area contributed by atoms with Crippen molar-refractivity contribution in [2.75, 3.05) is 7.11 Å². The monoisotopic (exact) mass is 379 g/mol. The van der Waals surface area contributed by atoms with Crippen molar-refractivity contribution in [2.45, 2.75) is 4.83 Å². The number of hydrogen-bond donors (Lipinski definition) is 0. The SMILES string of the molecule is COC(=O)C(Br)c1ccc2oc(-c3ccc(Cl)cc3)nc2c1. The molecular formula is C16H11BrClNO3. The van der Waals surface area contributed by atoms with Crippen molar-refractivity contribution in [1.82, 2.24) is 4.98 Å². The normalized spacial score (nSPS) is 12.3. The summed E-state index contributed by atoms with van der Waals surface area (Å²) in [6.45, 7) is 0. The molecule has 2 aromatic carbocycles. The first-order valence-electron chi connectivity index (χ1n) is 6.47. The minimum atomic E-state index is -0.530. The Balaban J connectivity index is 2.00. The molecule has 0 saturated carbocycles. The molecule has 0 spiro atoms. The van der Waals surface area contributed by atoms with Gasteiger partial charge in [-0.3, -0.25) is 4.79 Å². The number of alkyl halides is 1. The van der Waals surface area contributed by atoms with Gasteiger partial charge in [-0.15, -0.1) is 0 Å². The lowest BCUT2D eigenvalue weighted by molar-refractivity contribution is -0.139. The minimum Gasteiger partial charge on any atom is -0.468 e. The van der Waals surface area contributed by atoms with Crippen LogP contribution in [0.15, 0.2) is 46.9 Å². The van der Waals surface area contributed by atoms with Gasteiger partial charge in [0.25, 0.3) is 0 Å².